The number of aromatic carboxylic acids is 1. The van der Waals surface area contributed by atoms with Crippen LogP contribution in [0.5, 0.6) is 0 Å². The van der Waals surface area contributed by atoms with Crippen LogP contribution in [-0.4, -0.2) is 25.8 Å². The third-order valence-corrected chi connectivity index (χ3v) is 3.11. The van der Waals surface area contributed by atoms with E-state index in [9.17, 15) is 4.79 Å². The second-order valence-corrected chi connectivity index (χ2v) is 4.65. The number of carbonyl (C=O) groups is 1. The quantitative estimate of drug-likeness (QED) is 0.795. The Morgan fingerprint density at radius 1 is 1.52 bits per heavy atom. The van der Waals surface area contributed by atoms with E-state index in [2.05, 4.69) is 10.1 Å². The molecule has 1 N–H and O–H groups in total. The Morgan fingerprint density at radius 3 is 3.00 bits per heavy atom. The first-order chi connectivity index (χ1) is 10.1. The second kappa shape index (κ2) is 4.92. The third kappa shape index (κ3) is 2.32. The maximum absolute atomic E-state index is 10.8. The maximum Gasteiger partial charge on any atom is 0.357 e. The zero-order valence-electron chi connectivity index (χ0n) is 10.4. The number of halogens is 1. The predicted octanol–water partition coefficient (Wildman–Crippen LogP) is 2.30. The molecule has 1 aromatic carbocycles. The van der Waals surface area contributed by atoms with Crippen LogP contribution < -0.4 is 0 Å². The molecule has 0 saturated carbocycles. The Kier molecular flexibility index (Phi) is 3.08. The van der Waals surface area contributed by atoms with Crippen LogP contribution in [0.15, 0.2) is 28.9 Å². The zero-order valence-corrected chi connectivity index (χ0v) is 11.2. The number of fused-ring (bicyclic) bond motifs is 1. The molecular formula is C13H7ClN4O3. The average Bonchev–Trinajstić information content (AvgIpc) is 3.04. The van der Waals surface area contributed by atoms with Gasteiger partial charge in [-0.2, -0.15) is 10.4 Å². The SMILES string of the molecule is N#Cc1nn(Cc2nc(C(=O)O)co2)c2ccc(Cl)cc12. The highest BCUT2D eigenvalue weighted by atomic mass is 35.5. The third-order valence-electron chi connectivity index (χ3n) is 2.87. The first-order valence-corrected chi connectivity index (χ1v) is 6.20. The van der Waals surface area contributed by atoms with Gasteiger partial charge >= 0.3 is 5.97 Å². The van der Waals surface area contributed by atoms with Crippen LogP contribution in [-0.2, 0) is 6.54 Å². The number of carboxylic acid groups (broad SMARTS) is 1. The molecule has 7 nitrogen and oxygen atoms in total. The first kappa shape index (κ1) is 13.1. The van der Waals surface area contributed by atoms with Crippen molar-refractivity contribution in [1.29, 1.82) is 5.26 Å². The van der Waals surface area contributed by atoms with Crippen LogP contribution >= 0.6 is 11.6 Å². The number of carboxylic acids is 1. The molecule has 3 aromatic rings. The van der Waals surface area contributed by atoms with Gasteiger partial charge in [0.15, 0.2) is 11.4 Å². The molecule has 2 aromatic heterocycles. The molecule has 2 heterocycles. The molecule has 3 rings (SSSR count). The molecule has 21 heavy (non-hydrogen) atoms. The van der Waals surface area contributed by atoms with Gasteiger partial charge in [-0.25, -0.2) is 9.78 Å². The second-order valence-electron chi connectivity index (χ2n) is 4.21. The summed E-state index contributed by atoms with van der Waals surface area (Å²) in [5.74, 6) is -0.976. The zero-order chi connectivity index (χ0) is 15.0. The topological polar surface area (TPSA) is 105 Å². The molecule has 0 unspecified atom stereocenters. The normalized spacial score (nSPS) is 10.7. The number of nitriles is 1. The first-order valence-electron chi connectivity index (χ1n) is 5.82. The van der Waals surface area contributed by atoms with Crippen LogP contribution in [0, 0.1) is 11.3 Å². The molecule has 0 radical (unpaired) electrons. The summed E-state index contributed by atoms with van der Waals surface area (Å²) >= 11 is 5.91. The molecule has 0 aliphatic carbocycles. The van der Waals surface area contributed by atoms with Gasteiger partial charge < -0.3 is 9.52 Å². The smallest absolute Gasteiger partial charge is 0.357 e. The van der Waals surface area contributed by atoms with Crippen molar-refractivity contribution < 1.29 is 14.3 Å². The van der Waals surface area contributed by atoms with Gasteiger partial charge in [-0.05, 0) is 18.2 Å². The van der Waals surface area contributed by atoms with Crippen LogP contribution in [0.25, 0.3) is 10.9 Å². The van der Waals surface area contributed by atoms with Gasteiger partial charge in [0.1, 0.15) is 18.9 Å². The Morgan fingerprint density at radius 2 is 2.33 bits per heavy atom. The number of benzene rings is 1. The Labute approximate surface area is 123 Å². The van der Waals surface area contributed by atoms with E-state index in [1.165, 1.54) is 4.68 Å². The fourth-order valence-corrected chi connectivity index (χ4v) is 2.14. The predicted molar refractivity (Wildman–Crippen MR) is 72.0 cm³/mol. The van der Waals surface area contributed by atoms with Gasteiger partial charge in [-0.15, -0.1) is 0 Å². The lowest BCUT2D eigenvalue weighted by Gasteiger charge is -1.99. The minimum Gasteiger partial charge on any atom is -0.476 e. The fraction of sp³-hybridized carbons (Fsp3) is 0.0769. The fourth-order valence-electron chi connectivity index (χ4n) is 1.96. The lowest BCUT2D eigenvalue weighted by Crippen LogP contribution is -2.03. The van der Waals surface area contributed by atoms with Crippen molar-refractivity contribution in [3.8, 4) is 6.07 Å². The minimum absolute atomic E-state index is 0.118. The van der Waals surface area contributed by atoms with E-state index in [-0.39, 0.29) is 23.8 Å². The highest BCUT2D eigenvalue weighted by Gasteiger charge is 2.15. The molecule has 0 saturated heterocycles. The number of nitrogens with zero attached hydrogens (tertiary/aromatic N) is 4. The van der Waals surface area contributed by atoms with Gasteiger partial charge in [-0.3, -0.25) is 4.68 Å². The Bertz CT molecular complexity index is 891. The van der Waals surface area contributed by atoms with Crippen molar-refractivity contribution in [2.75, 3.05) is 0 Å². The standard InChI is InChI=1S/C13H7ClN4O3/c14-7-1-2-11-8(3-7)9(4-15)17-18(11)5-12-16-10(6-21-12)13(19)20/h1-3,6H,5H2,(H,19,20). The summed E-state index contributed by atoms with van der Waals surface area (Å²) < 4.78 is 6.60. The molecule has 0 amide bonds. The van der Waals surface area contributed by atoms with Crippen LogP contribution in [0.2, 0.25) is 5.02 Å². The van der Waals surface area contributed by atoms with Gasteiger partial charge in [0.25, 0.3) is 0 Å². The average molecular weight is 303 g/mol. The van der Waals surface area contributed by atoms with Crippen molar-refractivity contribution in [3.05, 3.63) is 46.8 Å². The van der Waals surface area contributed by atoms with E-state index < -0.39 is 5.97 Å². The van der Waals surface area contributed by atoms with Crippen molar-refractivity contribution in [2.45, 2.75) is 6.54 Å². The number of rotatable bonds is 3. The maximum atomic E-state index is 10.8. The summed E-state index contributed by atoms with van der Waals surface area (Å²) in [5, 5.41) is 23.2. The molecule has 0 aliphatic heterocycles. The lowest BCUT2D eigenvalue weighted by atomic mass is 10.2. The van der Waals surface area contributed by atoms with E-state index in [0.29, 0.717) is 15.9 Å². The monoisotopic (exact) mass is 302 g/mol. The molecule has 104 valence electrons. The van der Waals surface area contributed by atoms with Gasteiger partial charge in [0.05, 0.1) is 5.52 Å². The summed E-state index contributed by atoms with van der Waals surface area (Å²) in [6.45, 7) is 0.118. The molecule has 0 spiro atoms. The van der Waals surface area contributed by atoms with Crippen molar-refractivity contribution in [2.24, 2.45) is 0 Å². The number of aromatic nitrogens is 3. The van der Waals surface area contributed by atoms with Gasteiger partial charge in [0, 0.05) is 10.4 Å². The molecule has 0 fully saturated rings. The molecule has 8 heteroatoms. The van der Waals surface area contributed by atoms with Gasteiger partial charge in [-0.1, -0.05) is 11.6 Å². The lowest BCUT2D eigenvalue weighted by molar-refractivity contribution is 0.0690. The van der Waals surface area contributed by atoms with E-state index >= 15 is 0 Å². The van der Waals surface area contributed by atoms with Crippen LogP contribution in [0.3, 0.4) is 0 Å². The summed E-state index contributed by atoms with van der Waals surface area (Å²) in [7, 11) is 0. The Hall–Kier alpha value is -2.85. The molecule has 0 aliphatic rings. The largest absolute Gasteiger partial charge is 0.476 e. The van der Waals surface area contributed by atoms with E-state index in [1.807, 2.05) is 6.07 Å². The summed E-state index contributed by atoms with van der Waals surface area (Å²) in [6.07, 6.45) is 1.06. The van der Waals surface area contributed by atoms with Crippen LogP contribution in [0.1, 0.15) is 22.1 Å². The highest BCUT2D eigenvalue weighted by Crippen LogP contribution is 2.23. The van der Waals surface area contributed by atoms with Crippen molar-refractivity contribution in [3.63, 3.8) is 0 Å². The summed E-state index contributed by atoms with van der Waals surface area (Å²) in [4.78, 5) is 14.6. The number of oxazole rings is 1. The van der Waals surface area contributed by atoms with Gasteiger partial charge in [0.2, 0.25) is 5.89 Å². The minimum atomic E-state index is -1.17. The summed E-state index contributed by atoms with van der Waals surface area (Å²) in [5.41, 5.74) is 0.744. The number of hydrogen-bond donors (Lipinski definition) is 1. The van der Waals surface area contributed by atoms with Crippen molar-refractivity contribution in [1.82, 2.24) is 14.8 Å². The van der Waals surface area contributed by atoms with E-state index in [0.717, 1.165) is 6.26 Å². The van der Waals surface area contributed by atoms with E-state index in [4.69, 9.17) is 26.4 Å². The molecule has 0 atom stereocenters. The molecular weight excluding hydrogens is 296 g/mol. The van der Waals surface area contributed by atoms with Crippen molar-refractivity contribution >= 4 is 28.5 Å². The number of hydrogen-bond acceptors (Lipinski definition) is 5. The van der Waals surface area contributed by atoms with E-state index in [1.54, 1.807) is 18.2 Å². The summed E-state index contributed by atoms with van der Waals surface area (Å²) in [6, 6.07) is 7.05. The Balaban J connectivity index is 2.04. The van der Waals surface area contributed by atoms with Crippen LogP contribution in [0.4, 0.5) is 0 Å². The molecule has 0 bridgehead atoms. The highest BCUT2D eigenvalue weighted by molar-refractivity contribution is 6.31.